The first-order chi connectivity index (χ1) is 10.3. The Morgan fingerprint density at radius 2 is 2.00 bits per heavy atom. The molecule has 4 rings (SSSR count). The Bertz CT molecular complexity index is 567. The van der Waals surface area contributed by atoms with Gasteiger partial charge < -0.3 is 10.6 Å². The molecule has 0 aliphatic heterocycles. The summed E-state index contributed by atoms with van der Waals surface area (Å²) in [5.74, 6) is 1.33. The Labute approximate surface area is 127 Å². The first-order valence-corrected chi connectivity index (χ1v) is 7.57. The Hall–Kier alpha value is -1.72. The number of carbonyl (C=O) groups is 1. The summed E-state index contributed by atoms with van der Waals surface area (Å²) in [6.07, 6.45) is -0.971. The van der Waals surface area contributed by atoms with E-state index in [2.05, 4.69) is 10.6 Å². The SMILES string of the molecule is C[C@H](NC(=O)NC1CC2CC1C2)c1cccc(C(F)(F)F)c1. The predicted octanol–water partition coefficient (Wildman–Crippen LogP) is 3.86. The lowest BCUT2D eigenvalue weighted by molar-refractivity contribution is -0.137. The summed E-state index contributed by atoms with van der Waals surface area (Å²) < 4.78 is 38.1. The molecule has 0 radical (unpaired) electrons. The topological polar surface area (TPSA) is 41.1 Å². The maximum absolute atomic E-state index is 12.7. The molecule has 1 aromatic rings. The van der Waals surface area contributed by atoms with Crippen molar-refractivity contribution in [1.29, 1.82) is 0 Å². The minimum atomic E-state index is -4.37. The maximum atomic E-state index is 12.7. The van der Waals surface area contributed by atoms with Crippen molar-refractivity contribution < 1.29 is 18.0 Å². The molecule has 3 nitrogen and oxygen atoms in total. The van der Waals surface area contributed by atoms with Crippen molar-refractivity contribution in [3.8, 4) is 0 Å². The van der Waals surface area contributed by atoms with Crippen molar-refractivity contribution >= 4 is 6.03 Å². The molecule has 0 heterocycles. The minimum Gasteiger partial charge on any atom is -0.335 e. The van der Waals surface area contributed by atoms with Crippen molar-refractivity contribution in [3.05, 3.63) is 35.4 Å². The van der Waals surface area contributed by atoms with Crippen molar-refractivity contribution in [3.63, 3.8) is 0 Å². The normalized spacial score (nSPS) is 27.9. The van der Waals surface area contributed by atoms with Crippen molar-refractivity contribution in [2.45, 2.75) is 44.4 Å². The fourth-order valence-corrected chi connectivity index (χ4v) is 3.51. The molecule has 0 saturated heterocycles. The second kappa shape index (κ2) is 5.48. The molecular weight excluding hydrogens is 293 g/mol. The third-order valence-electron chi connectivity index (χ3n) is 4.81. The fraction of sp³-hybridized carbons (Fsp3) is 0.562. The Morgan fingerprint density at radius 3 is 2.59 bits per heavy atom. The zero-order chi connectivity index (χ0) is 15.9. The van der Waals surface area contributed by atoms with Gasteiger partial charge in [-0.05, 0) is 55.7 Å². The highest BCUT2D eigenvalue weighted by Crippen LogP contribution is 2.48. The van der Waals surface area contributed by atoms with E-state index in [4.69, 9.17) is 0 Å². The van der Waals surface area contributed by atoms with Gasteiger partial charge in [0.15, 0.2) is 0 Å². The first-order valence-electron chi connectivity index (χ1n) is 7.57. The highest BCUT2D eigenvalue weighted by Gasteiger charge is 2.44. The summed E-state index contributed by atoms with van der Waals surface area (Å²) in [6.45, 7) is 1.68. The lowest BCUT2D eigenvalue weighted by Crippen LogP contribution is -2.43. The van der Waals surface area contributed by atoms with Crippen LogP contribution >= 0.6 is 0 Å². The molecule has 3 saturated carbocycles. The minimum absolute atomic E-state index is 0.221. The van der Waals surface area contributed by atoms with Gasteiger partial charge in [0.2, 0.25) is 0 Å². The second-order valence-corrected chi connectivity index (χ2v) is 6.40. The number of hydrogen-bond acceptors (Lipinski definition) is 1. The van der Waals surface area contributed by atoms with Crippen LogP contribution in [0, 0.1) is 11.8 Å². The van der Waals surface area contributed by atoms with E-state index in [9.17, 15) is 18.0 Å². The van der Waals surface area contributed by atoms with E-state index in [0.29, 0.717) is 11.5 Å². The number of alkyl halides is 3. The van der Waals surface area contributed by atoms with Gasteiger partial charge in [0.05, 0.1) is 11.6 Å². The van der Waals surface area contributed by atoms with Gasteiger partial charge in [-0.3, -0.25) is 0 Å². The maximum Gasteiger partial charge on any atom is 0.416 e. The van der Waals surface area contributed by atoms with Gasteiger partial charge in [0, 0.05) is 6.04 Å². The molecule has 6 heteroatoms. The van der Waals surface area contributed by atoms with E-state index in [1.807, 2.05) is 0 Å². The third kappa shape index (κ3) is 3.05. The molecule has 120 valence electrons. The number of hydrogen-bond donors (Lipinski definition) is 2. The van der Waals surface area contributed by atoms with Crippen LogP contribution in [0.25, 0.3) is 0 Å². The monoisotopic (exact) mass is 312 g/mol. The summed E-state index contributed by atoms with van der Waals surface area (Å²) in [6, 6.07) is 4.51. The van der Waals surface area contributed by atoms with Gasteiger partial charge in [-0.15, -0.1) is 0 Å². The van der Waals surface area contributed by atoms with E-state index in [1.54, 1.807) is 13.0 Å². The van der Waals surface area contributed by atoms with E-state index >= 15 is 0 Å². The number of fused-ring (bicyclic) bond motifs is 1. The van der Waals surface area contributed by atoms with Crippen LogP contribution in [-0.4, -0.2) is 12.1 Å². The number of carbonyl (C=O) groups excluding carboxylic acids is 1. The highest BCUT2D eigenvalue weighted by atomic mass is 19.4. The van der Waals surface area contributed by atoms with Crippen LogP contribution in [0.2, 0.25) is 0 Å². The average Bonchev–Trinajstić information content (AvgIpc) is 2.96. The summed E-state index contributed by atoms with van der Waals surface area (Å²) in [5.41, 5.74) is -0.253. The number of halogens is 3. The number of amides is 2. The van der Waals surface area contributed by atoms with E-state index < -0.39 is 17.8 Å². The molecule has 3 aliphatic rings. The van der Waals surface area contributed by atoms with Crippen LogP contribution in [0.4, 0.5) is 18.0 Å². The molecule has 2 atom stereocenters. The molecule has 2 amide bonds. The quantitative estimate of drug-likeness (QED) is 0.874. The molecule has 2 bridgehead atoms. The van der Waals surface area contributed by atoms with Gasteiger partial charge in [0.25, 0.3) is 0 Å². The zero-order valence-electron chi connectivity index (χ0n) is 12.3. The number of benzene rings is 1. The first kappa shape index (κ1) is 15.2. The lowest BCUT2D eigenvalue weighted by Gasteiger charge is -2.25. The highest BCUT2D eigenvalue weighted by molar-refractivity contribution is 5.75. The molecule has 0 spiro atoms. The van der Waals surface area contributed by atoms with Crippen molar-refractivity contribution in [1.82, 2.24) is 10.6 Å². The summed E-state index contributed by atoms with van der Waals surface area (Å²) >= 11 is 0. The molecule has 0 aromatic heterocycles. The van der Waals surface area contributed by atoms with Crippen LogP contribution in [0.1, 0.15) is 43.4 Å². The van der Waals surface area contributed by atoms with Crippen molar-refractivity contribution in [2.24, 2.45) is 11.8 Å². The second-order valence-electron chi connectivity index (χ2n) is 6.40. The predicted molar refractivity (Wildman–Crippen MR) is 76.1 cm³/mol. The summed E-state index contributed by atoms with van der Waals surface area (Å²) in [5, 5.41) is 5.67. The largest absolute Gasteiger partial charge is 0.416 e. The van der Waals surface area contributed by atoms with Gasteiger partial charge in [0.1, 0.15) is 0 Å². The van der Waals surface area contributed by atoms with Gasteiger partial charge in [-0.25, -0.2) is 4.79 Å². The summed E-state index contributed by atoms with van der Waals surface area (Å²) in [4.78, 5) is 12.0. The van der Waals surface area contributed by atoms with Crippen LogP contribution in [0.3, 0.4) is 0 Å². The Kier molecular flexibility index (Phi) is 3.78. The number of rotatable bonds is 3. The molecule has 3 aliphatic carbocycles. The molecule has 2 N–H and O–H groups in total. The molecule has 3 fully saturated rings. The summed E-state index contributed by atoms with van der Waals surface area (Å²) in [7, 11) is 0. The van der Waals surface area contributed by atoms with E-state index in [-0.39, 0.29) is 12.1 Å². The standard InChI is InChI=1S/C16H19F3N2O/c1-9(11-3-2-4-13(8-11)16(17,18)19)20-15(22)21-14-7-10-5-12(14)6-10/h2-4,8-10,12,14H,5-7H2,1H3,(H2,20,21,22)/t9-,10?,12?,14?/m0/s1. The zero-order valence-corrected chi connectivity index (χ0v) is 12.3. The smallest absolute Gasteiger partial charge is 0.335 e. The average molecular weight is 312 g/mol. The van der Waals surface area contributed by atoms with Crippen LogP contribution in [0.5, 0.6) is 0 Å². The van der Waals surface area contributed by atoms with E-state index in [0.717, 1.165) is 24.5 Å². The molecule has 1 unspecified atom stereocenters. The Balaban J connectivity index is 1.59. The number of urea groups is 1. The Morgan fingerprint density at radius 1 is 1.27 bits per heavy atom. The number of nitrogens with one attached hydrogen (secondary N) is 2. The van der Waals surface area contributed by atoms with Gasteiger partial charge in [-0.2, -0.15) is 13.2 Å². The van der Waals surface area contributed by atoms with Gasteiger partial charge in [-0.1, -0.05) is 12.1 Å². The molecule has 1 aromatic carbocycles. The fourth-order valence-electron chi connectivity index (χ4n) is 3.51. The molecular formula is C16H19F3N2O. The molecule has 22 heavy (non-hydrogen) atoms. The van der Waals surface area contributed by atoms with Gasteiger partial charge >= 0.3 is 12.2 Å². The van der Waals surface area contributed by atoms with Crippen LogP contribution < -0.4 is 10.6 Å². The van der Waals surface area contributed by atoms with Crippen molar-refractivity contribution in [2.75, 3.05) is 0 Å². The third-order valence-corrected chi connectivity index (χ3v) is 4.81. The van der Waals surface area contributed by atoms with Crippen LogP contribution in [0.15, 0.2) is 24.3 Å². The van der Waals surface area contributed by atoms with E-state index in [1.165, 1.54) is 18.9 Å². The lowest BCUT2D eigenvalue weighted by atomic mass is 9.84. The van der Waals surface area contributed by atoms with Crippen LogP contribution in [-0.2, 0) is 6.18 Å².